The molecule has 0 aromatic carbocycles. The molecule has 1 atom stereocenters. The number of guanidine groups is 1. The van der Waals surface area contributed by atoms with Gasteiger partial charge in [-0.15, -0.1) is 24.0 Å². The molecule has 1 aromatic rings. The number of aliphatic imine (C=N–C) groups is 1. The zero-order valence-electron chi connectivity index (χ0n) is 11.9. The Bertz CT molecular complexity index is 418. The Morgan fingerprint density at radius 2 is 2.30 bits per heavy atom. The first-order chi connectivity index (χ1) is 9.28. The van der Waals surface area contributed by atoms with Gasteiger partial charge in [0, 0.05) is 19.7 Å². The summed E-state index contributed by atoms with van der Waals surface area (Å²) in [6.45, 7) is 6.63. The van der Waals surface area contributed by atoms with Crippen LogP contribution in [0.3, 0.4) is 0 Å². The number of aromatic nitrogens is 2. The lowest BCUT2D eigenvalue weighted by Gasteiger charge is -2.14. The van der Waals surface area contributed by atoms with E-state index in [1.807, 2.05) is 6.92 Å². The summed E-state index contributed by atoms with van der Waals surface area (Å²) in [5.74, 6) is 1.89. The topological polar surface area (TPSA) is 84.6 Å². The molecule has 1 unspecified atom stereocenters. The highest BCUT2D eigenvalue weighted by atomic mass is 127. The Labute approximate surface area is 136 Å². The van der Waals surface area contributed by atoms with Crippen LogP contribution in [0.4, 0.5) is 0 Å². The maximum atomic E-state index is 5.56. The summed E-state index contributed by atoms with van der Waals surface area (Å²) in [6, 6.07) is 0. The van der Waals surface area contributed by atoms with Crippen molar-refractivity contribution in [1.82, 2.24) is 20.8 Å². The van der Waals surface area contributed by atoms with E-state index in [0.717, 1.165) is 38.5 Å². The largest absolute Gasteiger partial charge is 0.376 e. The lowest BCUT2D eigenvalue weighted by Crippen LogP contribution is -2.41. The maximum absolute atomic E-state index is 5.56. The van der Waals surface area contributed by atoms with Crippen molar-refractivity contribution >= 4 is 29.9 Å². The fourth-order valence-corrected chi connectivity index (χ4v) is 1.91. The quantitative estimate of drug-likeness (QED) is 0.443. The Morgan fingerprint density at radius 3 is 2.90 bits per heavy atom. The van der Waals surface area contributed by atoms with E-state index in [2.05, 4.69) is 25.8 Å². The summed E-state index contributed by atoms with van der Waals surface area (Å²) in [4.78, 5) is 8.52. The van der Waals surface area contributed by atoms with Crippen molar-refractivity contribution in [2.75, 3.05) is 19.7 Å². The predicted molar refractivity (Wildman–Crippen MR) is 86.2 cm³/mol. The summed E-state index contributed by atoms with van der Waals surface area (Å²) in [5, 5.41) is 10.2. The highest BCUT2D eigenvalue weighted by molar-refractivity contribution is 14.0. The fourth-order valence-electron chi connectivity index (χ4n) is 1.91. The molecular formula is C12H22IN5O2. The molecular weight excluding hydrogens is 373 g/mol. The van der Waals surface area contributed by atoms with Crippen molar-refractivity contribution in [2.45, 2.75) is 39.3 Å². The number of ether oxygens (including phenoxy) is 1. The van der Waals surface area contributed by atoms with Gasteiger partial charge < -0.3 is 19.9 Å². The van der Waals surface area contributed by atoms with Crippen LogP contribution in [-0.2, 0) is 11.3 Å². The van der Waals surface area contributed by atoms with Gasteiger partial charge in [-0.05, 0) is 26.7 Å². The lowest BCUT2D eigenvalue weighted by atomic mass is 10.2. The van der Waals surface area contributed by atoms with Crippen molar-refractivity contribution in [2.24, 2.45) is 4.99 Å². The molecule has 0 spiro atoms. The standard InChI is InChI=1S/C12H21N5O2.HI/c1-3-13-12(14-7-10-5-4-6-18-10)15-8-11-16-9(2)17-19-11;/h10H,3-8H2,1-2H3,(H2,13,14,15);1H. The van der Waals surface area contributed by atoms with Crippen LogP contribution >= 0.6 is 24.0 Å². The number of rotatable bonds is 5. The van der Waals surface area contributed by atoms with Crippen LogP contribution in [0.5, 0.6) is 0 Å². The molecule has 8 heteroatoms. The van der Waals surface area contributed by atoms with Gasteiger partial charge in [-0.3, -0.25) is 0 Å². The molecule has 7 nitrogen and oxygen atoms in total. The smallest absolute Gasteiger partial charge is 0.248 e. The minimum absolute atomic E-state index is 0. The lowest BCUT2D eigenvalue weighted by molar-refractivity contribution is 0.114. The van der Waals surface area contributed by atoms with Gasteiger partial charge >= 0.3 is 0 Å². The van der Waals surface area contributed by atoms with Gasteiger partial charge in [0.05, 0.1) is 6.10 Å². The zero-order valence-corrected chi connectivity index (χ0v) is 14.2. The number of nitrogens with zero attached hydrogens (tertiary/aromatic N) is 3. The SMILES string of the molecule is CCNC(=NCc1nc(C)no1)NCC1CCCO1.I. The fraction of sp³-hybridized carbons (Fsp3) is 0.750. The molecule has 0 aliphatic carbocycles. The highest BCUT2D eigenvalue weighted by Crippen LogP contribution is 2.10. The van der Waals surface area contributed by atoms with Crippen molar-refractivity contribution in [1.29, 1.82) is 0 Å². The van der Waals surface area contributed by atoms with E-state index in [9.17, 15) is 0 Å². The molecule has 0 radical (unpaired) electrons. The number of hydrogen-bond acceptors (Lipinski definition) is 5. The summed E-state index contributed by atoms with van der Waals surface area (Å²) >= 11 is 0. The van der Waals surface area contributed by atoms with E-state index in [4.69, 9.17) is 9.26 Å². The van der Waals surface area contributed by atoms with Gasteiger partial charge in [0.2, 0.25) is 5.89 Å². The number of nitrogens with one attached hydrogen (secondary N) is 2. The molecule has 1 saturated heterocycles. The van der Waals surface area contributed by atoms with Gasteiger partial charge in [-0.25, -0.2) is 4.99 Å². The number of halogens is 1. The second-order valence-electron chi connectivity index (χ2n) is 4.45. The van der Waals surface area contributed by atoms with Crippen LogP contribution in [0.25, 0.3) is 0 Å². The molecule has 20 heavy (non-hydrogen) atoms. The van der Waals surface area contributed by atoms with Crippen LogP contribution in [0.2, 0.25) is 0 Å². The van der Waals surface area contributed by atoms with Crippen molar-refractivity contribution in [3.63, 3.8) is 0 Å². The van der Waals surface area contributed by atoms with E-state index < -0.39 is 0 Å². The minimum Gasteiger partial charge on any atom is -0.376 e. The molecule has 1 aliphatic heterocycles. The van der Waals surface area contributed by atoms with Gasteiger partial charge in [0.25, 0.3) is 0 Å². The first kappa shape index (κ1) is 17.2. The van der Waals surface area contributed by atoms with Crippen molar-refractivity contribution < 1.29 is 9.26 Å². The molecule has 1 fully saturated rings. The first-order valence-electron chi connectivity index (χ1n) is 6.71. The van der Waals surface area contributed by atoms with Crippen LogP contribution in [-0.4, -0.2) is 41.9 Å². The molecule has 1 aliphatic rings. The van der Waals surface area contributed by atoms with Crippen LogP contribution in [0.1, 0.15) is 31.5 Å². The molecule has 2 N–H and O–H groups in total. The van der Waals surface area contributed by atoms with Crippen LogP contribution < -0.4 is 10.6 Å². The Kier molecular flexibility index (Phi) is 7.82. The summed E-state index contributed by atoms with van der Waals surface area (Å²) in [6.07, 6.45) is 2.53. The minimum atomic E-state index is 0. The third-order valence-corrected chi connectivity index (χ3v) is 2.81. The van der Waals surface area contributed by atoms with Gasteiger partial charge in [-0.2, -0.15) is 4.98 Å². The second kappa shape index (κ2) is 9.11. The predicted octanol–water partition coefficient (Wildman–Crippen LogP) is 1.23. The van der Waals surface area contributed by atoms with Crippen LogP contribution in [0, 0.1) is 6.92 Å². The highest BCUT2D eigenvalue weighted by Gasteiger charge is 2.15. The Hall–Kier alpha value is -0.900. The molecule has 1 aromatic heterocycles. The van der Waals surface area contributed by atoms with Gasteiger partial charge in [0.15, 0.2) is 11.8 Å². The van der Waals surface area contributed by atoms with Gasteiger partial charge in [0.1, 0.15) is 6.54 Å². The van der Waals surface area contributed by atoms with E-state index in [0.29, 0.717) is 18.3 Å². The monoisotopic (exact) mass is 395 g/mol. The van der Waals surface area contributed by atoms with E-state index in [1.54, 1.807) is 6.92 Å². The summed E-state index contributed by atoms with van der Waals surface area (Å²) in [5.41, 5.74) is 0. The normalized spacial score (nSPS) is 18.7. The average Bonchev–Trinajstić information content (AvgIpc) is 3.04. The molecule has 2 rings (SSSR count). The number of hydrogen-bond donors (Lipinski definition) is 2. The van der Waals surface area contributed by atoms with Gasteiger partial charge in [-0.1, -0.05) is 5.16 Å². The summed E-state index contributed by atoms with van der Waals surface area (Å²) in [7, 11) is 0. The zero-order chi connectivity index (χ0) is 13.5. The third kappa shape index (κ3) is 5.61. The van der Waals surface area contributed by atoms with E-state index in [1.165, 1.54) is 0 Å². The molecule has 0 saturated carbocycles. The van der Waals surface area contributed by atoms with Crippen LogP contribution in [0.15, 0.2) is 9.52 Å². The maximum Gasteiger partial charge on any atom is 0.248 e. The van der Waals surface area contributed by atoms with Crippen molar-refractivity contribution in [3.8, 4) is 0 Å². The first-order valence-corrected chi connectivity index (χ1v) is 6.71. The number of aryl methyl sites for hydroxylation is 1. The molecule has 114 valence electrons. The molecule has 0 amide bonds. The Balaban J connectivity index is 0.00000200. The molecule has 2 heterocycles. The van der Waals surface area contributed by atoms with Crippen molar-refractivity contribution in [3.05, 3.63) is 11.7 Å². The van der Waals surface area contributed by atoms with E-state index >= 15 is 0 Å². The summed E-state index contributed by atoms with van der Waals surface area (Å²) < 4.78 is 10.6. The third-order valence-electron chi connectivity index (χ3n) is 2.81. The van der Waals surface area contributed by atoms with E-state index in [-0.39, 0.29) is 30.1 Å². The second-order valence-corrected chi connectivity index (χ2v) is 4.45. The average molecular weight is 395 g/mol. The Morgan fingerprint density at radius 1 is 1.45 bits per heavy atom. The molecule has 0 bridgehead atoms.